The third-order valence-electron chi connectivity index (χ3n) is 6.43. The van der Waals surface area contributed by atoms with Gasteiger partial charge in [-0.1, -0.05) is 12.1 Å². The van der Waals surface area contributed by atoms with E-state index in [1.807, 2.05) is 54.7 Å². The second-order valence-corrected chi connectivity index (χ2v) is 8.60. The Balaban J connectivity index is 1.15. The molecule has 1 aliphatic heterocycles. The number of methoxy groups -OCH3 is 1. The average Bonchev–Trinajstić information content (AvgIpc) is 2.87. The molecule has 7 nitrogen and oxygen atoms in total. The van der Waals surface area contributed by atoms with Crippen LogP contribution in [0.5, 0.6) is 5.75 Å². The maximum absolute atomic E-state index is 11.0. The van der Waals surface area contributed by atoms with Crippen molar-refractivity contribution in [2.24, 2.45) is 0 Å². The van der Waals surface area contributed by atoms with Gasteiger partial charge in [0.15, 0.2) is 0 Å². The van der Waals surface area contributed by atoms with Crippen molar-refractivity contribution in [1.29, 1.82) is 0 Å². The molecule has 7 heteroatoms. The lowest BCUT2D eigenvalue weighted by Gasteiger charge is -2.33. The minimum Gasteiger partial charge on any atom is -0.497 e. The molecule has 5 rings (SSSR count). The van der Waals surface area contributed by atoms with Crippen molar-refractivity contribution in [2.75, 3.05) is 26.7 Å². The molecule has 3 heterocycles. The van der Waals surface area contributed by atoms with Crippen LogP contribution >= 0.6 is 0 Å². The zero-order valence-electron chi connectivity index (χ0n) is 18.8. The van der Waals surface area contributed by atoms with Crippen LogP contribution < -0.4 is 10.1 Å². The molecular formula is C26H29N5O2. The zero-order valence-corrected chi connectivity index (χ0v) is 18.8. The number of aliphatic hydroxyl groups excluding tert-OH is 1. The molecule has 1 unspecified atom stereocenters. The Morgan fingerprint density at radius 2 is 1.88 bits per heavy atom. The topological polar surface area (TPSA) is 83.4 Å². The van der Waals surface area contributed by atoms with E-state index in [-0.39, 0.29) is 0 Å². The van der Waals surface area contributed by atoms with E-state index >= 15 is 0 Å². The number of ether oxygens (including phenoxy) is 1. The normalized spacial score (nSPS) is 16.3. The van der Waals surface area contributed by atoms with Gasteiger partial charge in [-0.3, -0.25) is 9.97 Å². The Kier molecular flexibility index (Phi) is 6.44. The van der Waals surface area contributed by atoms with E-state index in [0.717, 1.165) is 71.4 Å². The van der Waals surface area contributed by atoms with E-state index in [1.54, 1.807) is 13.3 Å². The number of aliphatic hydroxyl groups is 1. The Morgan fingerprint density at radius 3 is 2.70 bits per heavy atom. The Hall–Kier alpha value is -3.13. The number of rotatable bonds is 7. The lowest BCUT2D eigenvalue weighted by molar-refractivity contribution is 0.0948. The summed E-state index contributed by atoms with van der Waals surface area (Å²) in [4.78, 5) is 16.0. The van der Waals surface area contributed by atoms with Crippen LogP contribution in [-0.4, -0.2) is 57.7 Å². The van der Waals surface area contributed by atoms with Gasteiger partial charge in [-0.25, -0.2) is 4.98 Å². The Morgan fingerprint density at radius 1 is 1.06 bits per heavy atom. The van der Waals surface area contributed by atoms with Gasteiger partial charge in [-0.05, 0) is 67.9 Å². The van der Waals surface area contributed by atoms with Crippen LogP contribution in [0.2, 0.25) is 0 Å². The summed E-state index contributed by atoms with van der Waals surface area (Å²) in [5, 5.41) is 15.6. The number of aromatic nitrogens is 3. The summed E-state index contributed by atoms with van der Waals surface area (Å²) in [7, 11) is 1.65. The Bertz CT molecular complexity index is 1240. The molecule has 0 aliphatic carbocycles. The highest BCUT2D eigenvalue weighted by molar-refractivity contribution is 5.83. The minimum absolute atomic E-state index is 0.442. The Labute approximate surface area is 193 Å². The molecule has 1 aliphatic rings. The van der Waals surface area contributed by atoms with Gasteiger partial charge in [-0.2, -0.15) is 0 Å². The summed E-state index contributed by atoms with van der Waals surface area (Å²) in [5.74, 6) is 0.770. The molecular weight excluding hydrogens is 414 g/mol. The molecule has 4 aromatic rings. The number of nitrogens with zero attached hydrogens (tertiary/aromatic N) is 4. The molecule has 0 bridgehead atoms. The SMILES string of the molecule is COc1ccc2nccc(C(O)CN3CCC(NCc4cnc5ccccc5n4)CC3)c2c1. The van der Waals surface area contributed by atoms with E-state index in [9.17, 15) is 5.11 Å². The number of nitrogens with one attached hydrogen (secondary N) is 1. The van der Waals surface area contributed by atoms with Gasteiger partial charge < -0.3 is 20.1 Å². The highest BCUT2D eigenvalue weighted by Gasteiger charge is 2.22. The molecule has 2 aromatic heterocycles. The van der Waals surface area contributed by atoms with E-state index in [2.05, 4.69) is 20.2 Å². The van der Waals surface area contributed by atoms with Crippen LogP contribution in [0.1, 0.15) is 30.2 Å². The largest absolute Gasteiger partial charge is 0.497 e. The smallest absolute Gasteiger partial charge is 0.119 e. The van der Waals surface area contributed by atoms with Crippen LogP contribution in [0.15, 0.2) is 60.9 Å². The van der Waals surface area contributed by atoms with Gasteiger partial charge in [0.05, 0.1) is 41.7 Å². The fraction of sp³-hybridized carbons (Fsp3) is 0.346. The van der Waals surface area contributed by atoms with Crippen LogP contribution in [0.4, 0.5) is 0 Å². The fourth-order valence-corrected chi connectivity index (χ4v) is 4.56. The maximum atomic E-state index is 11.0. The molecule has 170 valence electrons. The van der Waals surface area contributed by atoms with Gasteiger partial charge >= 0.3 is 0 Å². The molecule has 2 aromatic carbocycles. The summed E-state index contributed by atoms with van der Waals surface area (Å²) in [6.07, 6.45) is 5.13. The molecule has 1 fully saturated rings. The number of hydrogen-bond acceptors (Lipinski definition) is 7. The number of benzene rings is 2. The van der Waals surface area contributed by atoms with Gasteiger partial charge in [0, 0.05) is 30.7 Å². The van der Waals surface area contributed by atoms with Crippen molar-refractivity contribution >= 4 is 21.9 Å². The van der Waals surface area contributed by atoms with Crippen molar-refractivity contribution in [3.05, 3.63) is 72.2 Å². The van der Waals surface area contributed by atoms with Crippen LogP contribution in [0.25, 0.3) is 21.9 Å². The number of para-hydroxylation sites is 2. The first-order valence-corrected chi connectivity index (χ1v) is 11.5. The van der Waals surface area contributed by atoms with Crippen molar-refractivity contribution < 1.29 is 9.84 Å². The van der Waals surface area contributed by atoms with E-state index in [0.29, 0.717) is 12.6 Å². The zero-order chi connectivity index (χ0) is 22.6. The summed E-state index contributed by atoms with van der Waals surface area (Å²) in [6, 6.07) is 16.1. The second kappa shape index (κ2) is 9.79. The molecule has 0 spiro atoms. The fourth-order valence-electron chi connectivity index (χ4n) is 4.56. The van der Waals surface area contributed by atoms with Crippen molar-refractivity contribution in [2.45, 2.75) is 31.5 Å². The number of hydrogen-bond donors (Lipinski definition) is 2. The van der Waals surface area contributed by atoms with Crippen molar-refractivity contribution in [3.63, 3.8) is 0 Å². The van der Waals surface area contributed by atoms with Gasteiger partial charge in [0.1, 0.15) is 5.75 Å². The number of fused-ring (bicyclic) bond motifs is 2. The summed E-state index contributed by atoms with van der Waals surface area (Å²) >= 11 is 0. The van der Waals surface area contributed by atoms with Crippen LogP contribution in [0, 0.1) is 0 Å². The van der Waals surface area contributed by atoms with Gasteiger partial charge in [0.25, 0.3) is 0 Å². The summed E-state index contributed by atoms with van der Waals surface area (Å²) in [5.41, 5.74) is 4.59. The molecule has 1 saturated heterocycles. The lowest BCUT2D eigenvalue weighted by Crippen LogP contribution is -2.43. The molecule has 0 amide bonds. The van der Waals surface area contributed by atoms with Crippen molar-refractivity contribution in [1.82, 2.24) is 25.2 Å². The average molecular weight is 444 g/mol. The monoisotopic (exact) mass is 443 g/mol. The van der Waals surface area contributed by atoms with Crippen molar-refractivity contribution in [3.8, 4) is 5.75 Å². The third-order valence-corrected chi connectivity index (χ3v) is 6.43. The minimum atomic E-state index is -0.569. The molecule has 2 N–H and O–H groups in total. The van der Waals surface area contributed by atoms with Gasteiger partial charge in [0.2, 0.25) is 0 Å². The number of β-amino-alcohol motifs (C(OH)–C–C–N with tert-alkyl or cyclic N) is 1. The van der Waals surface area contributed by atoms with Crippen LogP contribution in [-0.2, 0) is 6.54 Å². The van der Waals surface area contributed by atoms with E-state index in [4.69, 9.17) is 9.72 Å². The highest BCUT2D eigenvalue weighted by Crippen LogP contribution is 2.27. The predicted molar refractivity (Wildman–Crippen MR) is 129 cm³/mol. The summed E-state index contributed by atoms with van der Waals surface area (Å²) < 4.78 is 5.36. The number of likely N-dealkylation sites (tertiary alicyclic amines) is 1. The van der Waals surface area contributed by atoms with Gasteiger partial charge in [-0.15, -0.1) is 0 Å². The first kappa shape index (κ1) is 21.7. The first-order valence-electron chi connectivity index (χ1n) is 11.5. The quantitative estimate of drug-likeness (QED) is 0.452. The van der Waals surface area contributed by atoms with Crippen LogP contribution in [0.3, 0.4) is 0 Å². The second-order valence-electron chi connectivity index (χ2n) is 8.60. The maximum Gasteiger partial charge on any atom is 0.119 e. The molecule has 0 saturated carbocycles. The number of piperidine rings is 1. The summed E-state index contributed by atoms with van der Waals surface area (Å²) in [6.45, 7) is 3.23. The first-order chi connectivity index (χ1) is 16.2. The van der Waals surface area contributed by atoms with E-state index in [1.165, 1.54) is 0 Å². The molecule has 1 atom stereocenters. The molecule has 0 radical (unpaired) electrons. The predicted octanol–water partition coefficient (Wildman–Crippen LogP) is 3.47. The lowest BCUT2D eigenvalue weighted by atomic mass is 10.0. The third kappa shape index (κ3) is 4.95. The highest BCUT2D eigenvalue weighted by atomic mass is 16.5. The van der Waals surface area contributed by atoms with E-state index < -0.39 is 6.10 Å². The number of pyridine rings is 1. The standard InChI is InChI=1S/C26H29N5O2/c1-33-20-6-7-23-22(14-20)21(8-11-27-23)26(32)17-31-12-9-18(10-13-31)28-15-19-16-29-24-4-2-3-5-25(24)30-19/h2-8,11,14,16,18,26,28,32H,9-10,12-13,15,17H2,1H3. The molecule has 33 heavy (non-hydrogen) atoms.